The van der Waals surface area contributed by atoms with Gasteiger partial charge < -0.3 is 19.9 Å². The number of rotatable bonds is 12. The third-order valence-electron chi connectivity index (χ3n) is 7.56. The third kappa shape index (κ3) is 6.10. The largest absolute Gasteiger partial charge is 0.442 e. The number of cyclic esters (lactones) is 1. The van der Waals surface area contributed by atoms with Gasteiger partial charge in [-0.15, -0.1) is 0 Å². The molecule has 1 amide bonds. The SMILES string of the molecule is C[C@@H](CO)N(Cc1ccccc1)C[C@@H]1NC(=O)O[C@H]1COC(c1ccccc1)(c1ccccc1)c1ccccc1. The van der Waals surface area contributed by atoms with Gasteiger partial charge in [-0.25, -0.2) is 4.79 Å². The molecule has 3 atom stereocenters. The maximum Gasteiger partial charge on any atom is 0.407 e. The van der Waals surface area contributed by atoms with Crippen molar-refractivity contribution in [2.45, 2.75) is 37.3 Å². The summed E-state index contributed by atoms with van der Waals surface area (Å²) in [7, 11) is 0. The molecule has 0 saturated carbocycles. The fourth-order valence-electron chi connectivity index (χ4n) is 5.37. The summed E-state index contributed by atoms with van der Waals surface area (Å²) in [5, 5.41) is 13.0. The second kappa shape index (κ2) is 12.9. The number of ether oxygens (including phenoxy) is 2. The average Bonchev–Trinajstić information content (AvgIpc) is 3.37. The van der Waals surface area contributed by atoms with Crippen LogP contribution in [0.2, 0.25) is 0 Å². The van der Waals surface area contributed by atoms with Crippen LogP contribution in [0.4, 0.5) is 4.79 Å². The maximum atomic E-state index is 12.5. The summed E-state index contributed by atoms with van der Waals surface area (Å²) in [6.07, 6.45) is -0.980. The number of nitrogens with zero attached hydrogens (tertiary/aromatic N) is 1. The molecular weight excluding hydrogens is 500 g/mol. The first-order valence-corrected chi connectivity index (χ1v) is 13.8. The van der Waals surface area contributed by atoms with Crippen molar-refractivity contribution in [3.05, 3.63) is 144 Å². The summed E-state index contributed by atoms with van der Waals surface area (Å²) >= 11 is 0. The Morgan fingerprint density at radius 1 is 0.825 bits per heavy atom. The summed E-state index contributed by atoms with van der Waals surface area (Å²) in [6.45, 7) is 3.32. The first-order chi connectivity index (χ1) is 19.6. The van der Waals surface area contributed by atoms with Gasteiger partial charge in [0, 0.05) is 19.1 Å². The average molecular weight is 537 g/mol. The Hall–Kier alpha value is -3.97. The molecule has 0 bridgehead atoms. The number of carbonyl (C=O) groups is 1. The van der Waals surface area contributed by atoms with Crippen molar-refractivity contribution in [2.75, 3.05) is 19.8 Å². The maximum absolute atomic E-state index is 12.5. The lowest BCUT2D eigenvalue weighted by Crippen LogP contribution is -2.48. The molecule has 0 radical (unpaired) electrons. The minimum atomic E-state index is -0.911. The van der Waals surface area contributed by atoms with Crippen LogP contribution in [0.25, 0.3) is 0 Å². The Balaban J connectivity index is 1.45. The van der Waals surface area contributed by atoms with E-state index in [4.69, 9.17) is 9.47 Å². The third-order valence-corrected chi connectivity index (χ3v) is 7.56. The van der Waals surface area contributed by atoms with Crippen LogP contribution >= 0.6 is 0 Å². The normalized spacial score (nSPS) is 17.8. The Morgan fingerprint density at radius 3 is 1.77 bits per heavy atom. The van der Waals surface area contributed by atoms with Crippen molar-refractivity contribution < 1.29 is 19.4 Å². The molecule has 1 saturated heterocycles. The number of benzene rings is 4. The zero-order chi connectivity index (χ0) is 27.8. The first kappa shape index (κ1) is 27.6. The van der Waals surface area contributed by atoms with Gasteiger partial charge in [-0.3, -0.25) is 4.90 Å². The lowest BCUT2D eigenvalue weighted by atomic mass is 9.80. The minimum Gasteiger partial charge on any atom is -0.442 e. The summed E-state index contributed by atoms with van der Waals surface area (Å²) in [4.78, 5) is 14.7. The van der Waals surface area contributed by atoms with Crippen molar-refractivity contribution >= 4 is 6.09 Å². The van der Waals surface area contributed by atoms with E-state index in [-0.39, 0.29) is 25.3 Å². The zero-order valence-corrected chi connectivity index (χ0v) is 22.7. The van der Waals surface area contributed by atoms with Gasteiger partial charge in [-0.1, -0.05) is 121 Å². The molecule has 0 aromatic heterocycles. The molecule has 0 spiro atoms. The smallest absolute Gasteiger partial charge is 0.407 e. The number of alkyl carbamates (subject to hydrolysis) is 1. The number of carbonyl (C=O) groups excluding carboxylic acids is 1. The van der Waals surface area contributed by atoms with E-state index in [1.165, 1.54) is 0 Å². The van der Waals surface area contributed by atoms with Crippen LogP contribution in [0, 0.1) is 0 Å². The molecular formula is C34H36N2O4. The van der Waals surface area contributed by atoms with Crippen molar-refractivity contribution in [2.24, 2.45) is 0 Å². The Labute approximate surface area is 236 Å². The molecule has 206 valence electrons. The highest BCUT2D eigenvalue weighted by Crippen LogP contribution is 2.40. The summed E-state index contributed by atoms with van der Waals surface area (Å²) in [5.74, 6) is 0. The molecule has 6 nitrogen and oxygen atoms in total. The van der Waals surface area contributed by atoms with Gasteiger partial charge in [0.05, 0.1) is 19.3 Å². The van der Waals surface area contributed by atoms with E-state index in [1.807, 2.05) is 79.7 Å². The number of hydrogen-bond donors (Lipinski definition) is 2. The van der Waals surface area contributed by atoms with Gasteiger partial charge in [0.15, 0.2) is 0 Å². The second-order valence-electron chi connectivity index (χ2n) is 10.2. The van der Waals surface area contributed by atoms with Crippen LogP contribution in [0.1, 0.15) is 29.2 Å². The molecule has 6 heteroatoms. The van der Waals surface area contributed by atoms with E-state index in [1.54, 1.807) is 0 Å². The van der Waals surface area contributed by atoms with Crippen molar-refractivity contribution in [3.8, 4) is 0 Å². The second-order valence-corrected chi connectivity index (χ2v) is 10.2. The van der Waals surface area contributed by atoms with E-state index in [0.717, 1.165) is 22.3 Å². The summed E-state index contributed by atoms with van der Waals surface area (Å²) in [5.41, 5.74) is 3.19. The molecule has 1 aliphatic heterocycles. The summed E-state index contributed by atoms with van der Waals surface area (Å²) in [6, 6.07) is 40.2. The Kier molecular flexibility index (Phi) is 8.91. The van der Waals surface area contributed by atoms with E-state index in [9.17, 15) is 9.90 Å². The van der Waals surface area contributed by atoms with Crippen LogP contribution < -0.4 is 5.32 Å². The molecule has 0 aliphatic carbocycles. The standard InChI is InChI=1S/C34H36N2O4/c1-26(24-37)36(22-27-14-6-2-7-15-27)23-31-32(40-33(38)35-31)25-39-34(28-16-8-3-9-17-28,29-18-10-4-11-19-29)30-20-12-5-13-21-30/h2-21,26,31-32,37H,22-25H2,1H3,(H,35,38)/t26-,31-,32-/m0/s1. The molecule has 40 heavy (non-hydrogen) atoms. The van der Waals surface area contributed by atoms with Crippen molar-refractivity contribution in [1.82, 2.24) is 10.2 Å². The quantitative estimate of drug-likeness (QED) is 0.239. The molecule has 4 aromatic rings. The van der Waals surface area contributed by atoms with Gasteiger partial charge in [0.1, 0.15) is 11.7 Å². The predicted molar refractivity (Wildman–Crippen MR) is 156 cm³/mol. The topological polar surface area (TPSA) is 71.0 Å². The molecule has 1 fully saturated rings. The van der Waals surface area contributed by atoms with Crippen LogP contribution in [0.5, 0.6) is 0 Å². The van der Waals surface area contributed by atoms with Gasteiger partial charge in [-0.05, 0) is 29.2 Å². The molecule has 2 N–H and O–H groups in total. The first-order valence-electron chi connectivity index (χ1n) is 13.8. The fourth-order valence-corrected chi connectivity index (χ4v) is 5.37. The van der Waals surface area contributed by atoms with Crippen molar-refractivity contribution in [3.63, 3.8) is 0 Å². The number of nitrogens with one attached hydrogen (secondary N) is 1. The van der Waals surface area contributed by atoms with Crippen LogP contribution in [-0.2, 0) is 21.6 Å². The number of aliphatic hydroxyl groups is 1. The zero-order valence-electron chi connectivity index (χ0n) is 22.7. The van der Waals surface area contributed by atoms with E-state index in [2.05, 4.69) is 58.7 Å². The van der Waals surface area contributed by atoms with E-state index < -0.39 is 17.8 Å². The number of hydrogen-bond acceptors (Lipinski definition) is 5. The molecule has 1 heterocycles. The molecule has 4 aromatic carbocycles. The number of aliphatic hydroxyl groups excluding tert-OH is 1. The fraction of sp³-hybridized carbons (Fsp3) is 0.265. The molecule has 5 rings (SSSR count). The van der Waals surface area contributed by atoms with Crippen LogP contribution in [0.3, 0.4) is 0 Å². The Morgan fingerprint density at radius 2 is 1.30 bits per heavy atom. The van der Waals surface area contributed by atoms with Crippen molar-refractivity contribution in [1.29, 1.82) is 0 Å². The van der Waals surface area contributed by atoms with Crippen LogP contribution in [-0.4, -0.2) is 54.0 Å². The van der Waals surface area contributed by atoms with Gasteiger partial charge in [-0.2, -0.15) is 0 Å². The highest BCUT2D eigenvalue weighted by molar-refractivity contribution is 5.70. The van der Waals surface area contributed by atoms with Gasteiger partial charge in [0.25, 0.3) is 0 Å². The summed E-state index contributed by atoms with van der Waals surface area (Å²) < 4.78 is 12.7. The number of amides is 1. The van der Waals surface area contributed by atoms with E-state index >= 15 is 0 Å². The lowest BCUT2D eigenvalue weighted by Gasteiger charge is -2.37. The molecule has 0 unspecified atom stereocenters. The monoisotopic (exact) mass is 536 g/mol. The highest BCUT2D eigenvalue weighted by Gasteiger charge is 2.42. The lowest BCUT2D eigenvalue weighted by molar-refractivity contribution is -0.0397. The predicted octanol–water partition coefficient (Wildman–Crippen LogP) is 5.36. The molecule has 1 aliphatic rings. The highest BCUT2D eigenvalue weighted by atomic mass is 16.6. The van der Waals surface area contributed by atoms with Gasteiger partial charge in [0.2, 0.25) is 0 Å². The minimum absolute atomic E-state index is 0.00859. The van der Waals surface area contributed by atoms with Gasteiger partial charge >= 0.3 is 6.09 Å². The van der Waals surface area contributed by atoms with E-state index in [0.29, 0.717) is 13.1 Å². The Bertz CT molecular complexity index is 1240. The van der Waals surface area contributed by atoms with Crippen LogP contribution in [0.15, 0.2) is 121 Å².